The molecule has 3 aromatic carbocycles. The van der Waals surface area contributed by atoms with E-state index in [1.165, 1.54) is 36.4 Å². The van der Waals surface area contributed by atoms with Crippen LogP contribution in [0.25, 0.3) is 0 Å². The summed E-state index contributed by atoms with van der Waals surface area (Å²) in [4.78, 5) is 13.6. The Morgan fingerprint density at radius 3 is 2.40 bits per heavy atom. The molecule has 0 aromatic heterocycles. The number of benzene rings is 3. The van der Waals surface area contributed by atoms with Crippen LogP contribution in [-0.2, 0) is 22.3 Å². The van der Waals surface area contributed by atoms with Crippen LogP contribution in [0.15, 0.2) is 72.8 Å². The largest absolute Gasteiger partial charge is 0.462 e. The van der Waals surface area contributed by atoms with Crippen molar-refractivity contribution in [1.29, 1.82) is 5.41 Å². The number of anilines is 1. The van der Waals surface area contributed by atoms with E-state index in [0.29, 0.717) is 11.3 Å². The number of aliphatic hydroxyl groups excluding tert-OH is 4. The lowest BCUT2D eigenvalue weighted by Crippen LogP contribution is -2.60. The van der Waals surface area contributed by atoms with Crippen LogP contribution >= 0.6 is 0 Å². The van der Waals surface area contributed by atoms with E-state index in [1.807, 2.05) is 0 Å². The Morgan fingerprint density at radius 2 is 1.70 bits per heavy atom. The van der Waals surface area contributed by atoms with Gasteiger partial charge in [-0.2, -0.15) is 13.2 Å². The fourth-order valence-electron chi connectivity index (χ4n) is 4.58. The SMILES string of the molecule is N=C(N)c1cccc(NC(C(=O)NCc2ccccc2C(F)(F)F)c2ccccc2O[C@@H]2O[C@H](CO)[C@@H](O)[C@H](O)[C@H]2O)c1. The van der Waals surface area contributed by atoms with E-state index in [9.17, 15) is 38.4 Å². The van der Waals surface area contributed by atoms with Gasteiger partial charge in [0.1, 0.15) is 42.0 Å². The summed E-state index contributed by atoms with van der Waals surface area (Å²) in [5.41, 5.74) is 5.38. The fourth-order valence-corrected chi connectivity index (χ4v) is 4.58. The number of halogens is 3. The minimum absolute atomic E-state index is 0.0158. The van der Waals surface area contributed by atoms with Gasteiger partial charge in [-0.15, -0.1) is 0 Å². The van der Waals surface area contributed by atoms with Gasteiger partial charge >= 0.3 is 6.18 Å². The Balaban J connectivity index is 1.67. The first kappa shape index (κ1) is 31.7. The van der Waals surface area contributed by atoms with Gasteiger partial charge in [0, 0.05) is 23.4 Å². The van der Waals surface area contributed by atoms with Gasteiger partial charge in [-0.25, -0.2) is 0 Å². The van der Waals surface area contributed by atoms with E-state index in [4.69, 9.17) is 20.6 Å². The number of carbonyl (C=O) groups is 1. The van der Waals surface area contributed by atoms with E-state index in [1.54, 1.807) is 30.3 Å². The van der Waals surface area contributed by atoms with Crippen LogP contribution in [0.2, 0.25) is 0 Å². The molecule has 0 radical (unpaired) electrons. The molecular weight excluding hydrogens is 573 g/mol. The molecule has 1 amide bonds. The van der Waals surface area contributed by atoms with Crippen LogP contribution in [0.4, 0.5) is 18.9 Å². The van der Waals surface area contributed by atoms with Gasteiger partial charge in [-0.05, 0) is 29.8 Å². The third-order valence-electron chi connectivity index (χ3n) is 6.84. The maximum atomic E-state index is 13.6. The molecule has 1 unspecified atom stereocenters. The molecule has 1 heterocycles. The zero-order valence-corrected chi connectivity index (χ0v) is 22.5. The predicted molar refractivity (Wildman–Crippen MR) is 148 cm³/mol. The molecule has 1 aliphatic heterocycles. The molecule has 0 spiro atoms. The number of nitrogen functional groups attached to an aromatic ring is 1. The Hall–Kier alpha value is -4.21. The number of rotatable bonds is 10. The smallest absolute Gasteiger partial charge is 0.416 e. The summed E-state index contributed by atoms with van der Waals surface area (Å²) >= 11 is 0. The molecule has 9 N–H and O–H groups in total. The second kappa shape index (κ2) is 13.4. The van der Waals surface area contributed by atoms with Gasteiger partial charge < -0.3 is 46.3 Å². The number of aliphatic hydroxyl groups is 4. The van der Waals surface area contributed by atoms with Crippen molar-refractivity contribution < 1.29 is 47.9 Å². The quantitative estimate of drug-likeness (QED) is 0.126. The molecule has 11 nitrogen and oxygen atoms in total. The van der Waals surface area contributed by atoms with Gasteiger partial charge in [-0.1, -0.05) is 48.5 Å². The number of para-hydroxylation sites is 1. The van der Waals surface area contributed by atoms with Crippen molar-refractivity contribution in [1.82, 2.24) is 5.32 Å². The number of alkyl halides is 3. The number of hydrogen-bond donors (Lipinski definition) is 8. The highest BCUT2D eigenvalue weighted by molar-refractivity contribution is 5.96. The lowest BCUT2D eigenvalue weighted by atomic mass is 9.99. The number of amidine groups is 1. The van der Waals surface area contributed by atoms with Crippen LogP contribution in [-0.4, -0.2) is 69.5 Å². The fraction of sp³-hybridized carbons (Fsp3) is 0.310. The summed E-state index contributed by atoms with van der Waals surface area (Å²) in [7, 11) is 0. The van der Waals surface area contributed by atoms with E-state index in [-0.39, 0.29) is 22.7 Å². The first-order chi connectivity index (χ1) is 20.4. The minimum Gasteiger partial charge on any atom is -0.462 e. The summed E-state index contributed by atoms with van der Waals surface area (Å²) in [6, 6.07) is 15.8. The minimum atomic E-state index is -4.64. The number of nitrogens with one attached hydrogen (secondary N) is 3. The van der Waals surface area contributed by atoms with Crippen molar-refractivity contribution in [2.45, 2.75) is 49.5 Å². The van der Waals surface area contributed by atoms with Crippen LogP contribution in [0.5, 0.6) is 5.75 Å². The van der Waals surface area contributed by atoms with Crippen molar-refractivity contribution in [2.24, 2.45) is 5.73 Å². The molecule has 230 valence electrons. The maximum absolute atomic E-state index is 13.6. The molecule has 14 heteroatoms. The second-order valence-electron chi connectivity index (χ2n) is 9.80. The van der Waals surface area contributed by atoms with Crippen molar-refractivity contribution >= 4 is 17.4 Å². The number of ether oxygens (including phenoxy) is 2. The summed E-state index contributed by atoms with van der Waals surface area (Å²) in [6.45, 7) is -1.15. The topological polar surface area (TPSA) is 190 Å². The van der Waals surface area contributed by atoms with Crippen LogP contribution in [0.3, 0.4) is 0 Å². The highest BCUT2D eigenvalue weighted by atomic mass is 19.4. The normalized spacial score (nSPS) is 22.8. The van der Waals surface area contributed by atoms with Gasteiger partial charge in [0.15, 0.2) is 0 Å². The molecule has 0 bridgehead atoms. The second-order valence-corrected chi connectivity index (χ2v) is 9.80. The van der Waals surface area contributed by atoms with E-state index < -0.39 is 67.5 Å². The maximum Gasteiger partial charge on any atom is 0.416 e. The van der Waals surface area contributed by atoms with Gasteiger partial charge in [0.2, 0.25) is 12.2 Å². The zero-order valence-electron chi connectivity index (χ0n) is 22.5. The Morgan fingerprint density at radius 1 is 1.00 bits per heavy atom. The van der Waals surface area contributed by atoms with Crippen molar-refractivity contribution in [3.05, 3.63) is 95.1 Å². The van der Waals surface area contributed by atoms with Crippen molar-refractivity contribution in [2.75, 3.05) is 11.9 Å². The van der Waals surface area contributed by atoms with E-state index in [0.717, 1.165) is 6.07 Å². The summed E-state index contributed by atoms with van der Waals surface area (Å²) in [5, 5.41) is 53.5. The van der Waals surface area contributed by atoms with E-state index in [2.05, 4.69) is 10.6 Å². The van der Waals surface area contributed by atoms with E-state index >= 15 is 0 Å². The van der Waals surface area contributed by atoms with Gasteiger partial charge in [0.25, 0.3) is 0 Å². The molecule has 4 rings (SSSR count). The first-order valence-corrected chi connectivity index (χ1v) is 13.1. The van der Waals surface area contributed by atoms with Gasteiger partial charge in [0.05, 0.1) is 12.2 Å². The van der Waals surface area contributed by atoms with Crippen LogP contribution in [0.1, 0.15) is 28.3 Å². The third-order valence-corrected chi connectivity index (χ3v) is 6.84. The molecular formula is C29H31F3N4O7. The molecule has 0 aliphatic carbocycles. The predicted octanol–water partition coefficient (Wildman–Crippen LogP) is 1.64. The average Bonchev–Trinajstić information content (AvgIpc) is 2.99. The van der Waals surface area contributed by atoms with Gasteiger partial charge in [-0.3, -0.25) is 10.2 Å². The summed E-state index contributed by atoms with van der Waals surface area (Å²) in [6.07, 6.45) is -12.5. The lowest BCUT2D eigenvalue weighted by Gasteiger charge is -2.39. The zero-order chi connectivity index (χ0) is 31.3. The number of hydrogen-bond acceptors (Lipinski definition) is 9. The molecule has 1 fully saturated rings. The number of amides is 1. The molecule has 43 heavy (non-hydrogen) atoms. The van der Waals surface area contributed by atoms with Crippen LogP contribution < -0.4 is 21.1 Å². The Labute approximate surface area is 244 Å². The Bertz CT molecular complexity index is 1440. The number of carbonyl (C=O) groups excluding carboxylic acids is 1. The monoisotopic (exact) mass is 604 g/mol. The molecule has 1 aliphatic rings. The summed E-state index contributed by atoms with van der Waals surface area (Å²) in [5.74, 6) is -1.01. The average molecular weight is 605 g/mol. The molecule has 1 saturated heterocycles. The third kappa shape index (κ3) is 7.42. The molecule has 6 atom stereocenters. The lowest BCUT2D eigenvalue weighted by molar-refractivity contribution is -0.277. The Kier molecular flexibility index (Phi) is 9.88. The first-order valence-electron chi connectivity index (χ1n) is 13.1. The van der Waals surface area contributed by atoms with Crippen LogP contribution in [0, 0.1) is 5.41 Å². The molecule has 3 aromatic rings. The molecule has 0 saturated carbocycles. The standard InChI is InChI=1S/C29H31F3N4O7/c30-29(31,32)19-10-3-1-6-16(19)13-35-27(41)22(36-17-8-5-7-15(12-17)26(33)34)18-9-2-4-11-20(18)42-28-25(40)24(39)23(38)21(14-37)43-28/h1-12,21-25,28,36-40H,13-14H2,(H3,33,34)(H,35,41)/t21-,22?,23-,24+,25-,28-/m1/s1. The number of nitrogens with two attached hydrogens (primary N) is 1. The van der Waals surface area contributed by atoms with Crippen molar-refractivity contribution in [3.63, 3.8) is 0 Å². The highest BCUT2D eigenvalue weighted by Crippen LogP contribution is 2.34. The highest BCUT2D eigenvalue weighted by Gasteiger charge is 2.45. The van der Waals surface area contributed by atoms with Crippen molar-refractivity contribution in [3.8, 4) is 5.75 Å². The summed E-state index contributed by atoms with van der Waals surface area (Å²) < 4.78 is 51.9.